The van der Waals surface area contributed by atoms with Crippen molar-refractivity contribution < 1.29 is 0 Å². The summed E-state index contributed by atoms with van der Waals surface area (Å²) in [6, 6.07) is 8.76. The van der Waals surface area contributed by atoms with Gasteiger partial charge in [0.05, 0.1) is 0 Å². The van der Waals surface area contributed by atoms with Crippen LogP contribution in [0.25, 0.3) is 0 Å². The van der Waals surface area contributed by atoms with Gasteiger partial charge in [0.1, 0.15) is 0 Å². The molecular formula is C16H26N2. The predicted octanol–water partition coefficient (Wildman–Crippen LogP) is 3.35. The number of anilines is 1. The van der Waals surface area contributed by atoms with Gasteiger partial charge in [0.25, 0.3) is 0 Å². The summed E-state index contributed by atoms with van der Waals surface area (Å²) in [7, 11) is 0. The zero-order chi connectivity index (χ0) is 13.0. The molecule has 0 atom stereocenters. The molecule has 0 spiro atoms. The van der Waals surface area contributed by atoms with Crippen LogP contribution in [0.1, 0.15) is 38.7 Å². The first kappa shape index (κ1) is 13.4. The van der Waals surface area contributed by atoms with E-state index in [9.17, 15) is 0 Å². The Morgan fingerprint density at radius 1 is 1.22 bits per heavy atom. The summed E-state index contributed by atoms with van der Waals surface area (Å²) in [4.78, 5) is 2.57. The second-order valence-corrected chi connectivity index (χ2v) is 5.48. The maximum absolute atomic E-state index is 3.77. The van der Waals surface area contributed by atoms with Crippen molar-refractivity contribution in [3.05, 3.63) is 29.8 Å². The topological polar surface area (TPSA) is 15.3 Å². The number of nitrogens with zero attached hydrogens (tertiary/aromatic N) is 1. The van der Waals surface area contributed by atoms with E-state index in [1.165, 1.54) is 37.1 Å². The van der Waals surface area contributed by atoms with Gasteiger partial charge in [0.15, 0.2) is 0 Å². The monoisotopic (exact) mass is 246 g/mol. The number of benzene rings is 1. The summed E-state index contributed by atoms with van der Waals surface area (Å²) < 4.78 is 0. The third-order valence-corrected chi connectivity index (χ3v) is 4.41. The molecule has 0 radical (unpaired) electrons. The van der Waals surface area contributed by atoms with Gasteiger partial charge < -0.3 is 10.2 Å². The third-order valence-electron chi connectivity index (χ3n) is 4.41. The molecule has 1 aromatic carbocycles. The largest absolute Gasteiger partial charge is 0.369 e. The minimum absolute atomic E-state index is 0.290. The Kier molecular flexibility index (Phi) is 4.28. The van der Waals surface area contributed by atoms with Crippen molar-refractivity contribution in [2.75, 3.05) is 24.5 Å². The van der Waals surface area contributed by atoms with E-state index in [0.29, 0.717) is 5.54 Å². The van der Waals surface area contributed by atoms with Gasteiger partial charge in [-0.1, -0.05) is 32.0 Å². The molecule has 2 nitrogen and oxygen atoms in total. The standard InChI is InChI=1S/C16H26N2/c1-4-16(5-2)13-18(12-8-11-17-16)15-10-7-6-9-14(15)3/h6-7,9-10,17H,4-5,8,11-13H2,1-3H3. The van der Waals surface area contributed by atoms with E-state index in [1.807, 2.05) is 0 Å². The van der Waals surface area contributed by atoms with Crippen LogP contribution in [-0.4, -0.2) is 25.2 Å². The van der Waals surface area contributed by atoms with Gasteiger partial charge in [-0.05, 0) is 44.4 Å². The first-order valence-electron chi connectivity index (χ1n) is 7.26. The Bertz CT molecular complexity index is 382. The number of aryl methyl sites for hydroxylation is 1. The summed E-state index contributed by atoms with van der Waals surface area (Å²) in [5, 5.41) is 3.77. The number of rotatable bonds is 3. The molecule has 1 saturated heterocycles. The molecule has 1 heterocycles. The van der Waals surface area contributed by atoms with Crippen molar-refractivity contribution in [2.45, 2.75) is 45.6 Å². The number of nitrogens with one attached hydrogen (secondary N) is 1. The highest BCUT2D eigenvalue weighted by Crippen LogP contribution is 2.26. The average Bonchev–Trinajstić information content (AvgIpc) is 2.62. The van der Waals surface area contributed by atoms with Gasteiger partial charge in [-0.2, -0.15) is 0 Å². The molecule has 0 unspecified atom stereocenters. The van der Waals surface area contributed by atoms with Gasteiger partial charge in [-0.3, -0.25) is 0 Å². The van der Waals surface area contributed by atoms with Gasteiger partial charge in [-0.25, -0.2) is 0 Å². The van der Waals surface area contributed by atoms with Crippen LogP contribution in [-0.2, 0) is 0 Å². The zero-order valence-corrected chi connectivity index (χ0v) is 12.0. The first-order valence-corrected chi connectivity index (χ1v) is 7.26. The van der Waals surface area contributed by atoms with Crippen LogP contribution in [0.2, 0.25) is 0 Å². The van der Waals surface area contributed by atoms with Crippen LogP contribution in [0, 0.1) is 6.92 Å². The molecule has 0 amide bonds. The Morgan fingerprint density at radius 2 is 1.94 bits per heavy atom. The highest BCUT2D eigenvalue weighted by molar-refractivity contribution is 5.53. The quantitative estimate of drug-likeness (QED) is 0.880. The molecule has 1 aliphatic rings. The van der Waals surface area contributed by atoms with Crippen molar-refractivity contribution in [3.8, 4) is 0 Å². The van der Waals surface area contributed by atoms with E-state index < -0.39 is 0 Å². The van der Waals surface area contributed by atoms with Crippen LogP contribution in [0.15, 0.2) is 24.3 Å². The second kappa shape index (κ2) is 5.75. The van der Waals surface area contributed by atoms with Crippen LogP contribution in [0.4, 0.5) is 5.69 Å². The van der Waals surface area contributed by atoms with Gasteiger partial charge in [-0.15, -0.1) is 0 Å². The molecule has 1 aromatic rings. The lowest BCUT2D eigenvalue weighted by Gasteiger charge is -2.37. The highest BCUT2D eigenvalue weighted by atomic mass is 15.2. The lowest BCUT2D eigenvalue weighted by Crippen LogP contribution is -2.50. The molecule has 1 fully saturated rings. The maximum atomic E-state index is 3.77. The lowest BCUT2D eigenvalue weighted by atomic mass is 9.92. The number of hydrogen-bond acceptors (Lipinski definition) is 2. The van der Waals surface area contributed by atoms with Gasteiger partial charge in [0, 0.05) is 24.3 Å². The second-order valence-electron chi connectivity index (χ2n) is 5.48. The summed E-state index contributed by atoms with van der Waals surface area (Å²) >= 11 is 0. The van der Waals surface area contributed by atoms with E-state index in [2.05, 4.69) is 55.3 Å². The molecule has 1 aliphatic heterocycles. The van der Waals surface area contributed by atoms with Crippen molar-refractivity contribution in [1.82, 2.24) is 5.32 Å². The summed E-state index contributed by atoms with van der Waals surface area (Å²) in [5.74, 6) is 0. The first-order chi connectivity index (χ1) is 8.71. The Hall–Kier alpha value is -1.02. The van der Waals surface area contributed by atoms with E-state index >= 15 is 0 Å². The predicted molar refractivity (Wildman–Crippen MR) is 79.3 cm³/mol. The summed E-state index contributed by atoms with van der Waals surface area (Å²) in [6.07, 6.45) is 3.63. The Balaban J connectivity index is 2.25. The van der Waals surface area contributed by atoms with Crippen LogP contribution >= 0.6 is 0 Å². The molecule has 2 rings (SSSR count). The molecule has 0 aliphatic carbocycles. The molecule has 100 valence electrons. The molecular weight excluding hydrogens is 220 g/mol. The van der Waals surface area contributed by atoms with Crippen LogP contribution < -0.4 is 10.2 Å². The van der Waals surface area contributed by atoms with Gasteiger partial charge >= 0.3 is 0 Å². The molecule has 2 heteroatoms. The molecule has 18 heavy (non-hydrogen) atoms. The minimum atomic E-state index is 0.290. The Labute approximate surface area is 111 Å². The fraction of sp³-hybridized carbons (Fsp3) is 0.625. The maximum Gasteiger partial charge on any atom is 0.0396 e. The number of hydrogen-bond donors (Lipinski definition) is 1. The van der Waals surface area contributed by atoms with Crippen molar-refractivity contribution in [2.24, 2.45) is 0 Å². The molecule has 0 aromatic heterocycles. The smallest absolute Gasteiger partial charge is 0.0396 e. The number of para-hydroxylation sites is 1. The van der Waals surface area contributed by atoms with E-state index in [0.717, 1.165) is 13.1 Å². The summed E-state index contributed by atoms with van der Waals surface area (Å²) in [6.45, 7) is 10.3. The third kappa shape index (κ3) is 2.69. The fourth-order valence-electron chi connectivity index (χ4n) is 2.97. The minimum Gasteiger partial charge on any atom is -0.369 e. The van der Waals surface area contributed by atoms with E-state index in [4.69, 9.17) is 0 Å². The van der Waals surface area contributed by atoms with Crippen LogP contribution in [0.3, 0.4) is 0 Å². The average molecular weight is 246 g/mol. The Morgan fingerprint density at radius 3 is 2.61 bits per heavy atom. The van der Waals surface area contributed by atoms with Crippen LogP contribution in [0.5, 0.6) is 0 Å². The fourth-order valence-corrected chi connectivity index (χ4v) is 2.97. The van der Waals surface area contributed by atoms with Crippen molar-refractivity contribution in [1.29, 1.82) is 0 Å². The summed E-state index contributed by atoms with van der Waals surface area (Å²) in [5.41, 5.74) is 3.09. The molecule has 0 saturated carbocycles. The van der Waals surface area contributed by atoms with Gasteiger partial charge in [0.2, 0.25) is 0 Å². The zero-order valence-electron chi connectivity index (χ0n) is 12.0. The van der Waals surface area contributed by atoms with Crippen molar-refractivity contribution in [3.63, 3.8) is 0 Å². The van der Waals surface area contributed by atoms with E-state index in [-0.39, 0.29) is 0 Å². The molecule has 1 N–H and O–H groups in total. The van der Waals surface area contributed by atoms with Crippen molar-refractivity contribution >= 4 is 5.69 Å². The normalized spacial score (nSPS) is 19.6. The van der Waals surface area contributed by atoms with E-state index in [1.54, 1.807) is 0 Å². The SMILES string of the molecule is CCC1(CC)CN(c2ccccc2C)CCCN1. The lowest BCUT2D eigenvalue weighted by molar-refractivity contribution is 0.321. The molecule has 0 bridgehead atoms. The highest BCUT2D eigenvalue weighted by Gasteiger charge is 2.30.